The van der Waals surface area contributed by atoms with Crippen LogP contribution in [0.2, 0.25) is 0 Å². The van der Waals surface area contributed by atoms with E-state index in [1.807, 2.05) is 13.8 Å². The lowest BCUT2D eigenvalue weighted by molar-refractivity contribution is -0.125. The Morgan fingerprint density at radius 2 is 2.00 bits per heavy atom. The van der Waals surface area contributed by atoms with Gasteiger partial charge in [-0.2, -0.15) is 0 Å². The van der Waals surface area contributed by atoms with E-state index in [1.54, 1.807) is 29.6 Å². The highest BCUT2D eigenvalue weighted by Crippen LogP contribution is 2.31. The molecule has 0 saturated heterocycles. The molecule has 0 bridgehead atoms. The maximum Gasteiger partial charge on any atom is 0.223 e. The molecule has 0 saturated carbocycles. The average molecular weight is 355 g/mol. The Bertz CT molecular complexity index is 701. The molecule has 0 aliphatic heterocycles. The van der Waals surface area contributed by atoms with Crippen LogP contribution in [0.15, 0.2) is 44.5 Å². The van der Waals surface area contributed by atoms with Crippen LogP contribution in [0, 0.1) is 5.92 Å². The molecule has 0 fully saturated rings. The summed E-state index contributed by atoms with van der Waals surface area (Å²) in [6.45, 7) is 3.89. The Morgan fingerprint density at radius 3 is 2.52 bits per heavy atom. The zero-order chi connectivity index (χ0) is 16.9. The largest absolute Gasteiger partial charge is 0.468 e. The third-order valence-corrected chi connectivity index (χ3v) is 7.32. The lowest BCUT2D eigenvalue weighted by Crippen LogP contribution is -2.35. The van der Waals surface area contributed by atoms with Crippen LogP contribution in [0.25, 0.3) is 0 Å². The highest BCUT2D eigenvalue weighted by Gasteiger charge is 2.33. The van der Waals surface area contributed by atoms with Crippen molar-refractivity contribution in [2.45, 2.75) is 36.1 Å². The maximum atomic E-state index is 12.8. The summed E-state index contributed by atoms with van der Waals surface area (Å²) < 4.78 is 31.2. The van der Waals surface area contributed by atoms with Crippen LogP contribution in [0.3, 0.4) is 0 Å². The summed E-state index contributed by atoms with van der Waals surface area (Å²) in [6.07, 6.45) is 2.89. The zero-order valence-corrected chi connectivity index (χ0v) is 14.8. The predicted octanol–water partition coefficient (Wildman–Crippen LogP) is 3.41. The Balaban J connectivity index is 2.22. The second kappa shape index (κ2) is 7.79. The first-order chi connectivity index (χ1) is 11.0. The van der Waals surface area contributed by atoms with Gasteiger partial charge < -0.3 is 9.73 Å². The van der Waals surface area contributed by atoms with Crippen LogP contribution in [0.1, 0.15) is 37.7 Å². The highest BCUT2D eigenvalue weighted by molar-refractivity contribution is 7.93. The number of thiophene rings is 1. The molecule has 1 N–H and O–H groups in total. The summed E-state index contributed by atoms with van der Waals surface area (Å²) in [5.41, 5.74) is 0. The summed E-state index contributed by atoms with van der Waals surface area (Å²) in [7, 11) is -3.61. The van der Waals surface area contributed by atoms with Gasteiger partial charge in [0, 0.05) is 12.5 Å². The number of sulfone groups is 1. The van der Waals surface area contributed by atoms with Crippen molar-refractivity contribution in [1.29, 1.82) is 0 Å². The van der Waals surface area contributed by atoms with Crippen LogP contribution in [-0.4, -0.2) is 20.9 Å². The molecule has 2 aromatic heterocycles. The van der Waals surface area contributed by atoms with Crippen molar-refractivity contribution in [3.05, 3.63) is 41.7 Å². The van der Waals surface area contributed by atoms with E-state index in [9.17, 15) is 13.2 Å². The summed E-state index contributed by atoms with van der Waals surface area (Å²) in [5.74, 6) is 0.118. The van der Waals surface area contributed by atoms with Crippen molar-refractivity contribution in [1.82, 2.24) is 5.32 Å². The number of nitrogens with one attached hydrogen (secondary N) is 1. The molecule has 2 rings (SSSR count). The molecule has 1 amide bonds. The summed E-state index contributed by atoms with van der Waals surface area (Å²) in [5, 5.41) is 3.56. The third-order valence-electron chi connectivity index (χ3n) is 3.83. The number of hydrogen-bond acceptors (Lipinski definition) is 5. The van der Waals surface area contributed by atoms with E-state index in [2.05, 4.69) is 5.32 Å². The van der Waals surface area contributed by atoms with Gasteiger partial charge in [-0.15, -0.1) is 11.3 Å². The van der Waals surface area contributed by atoms with Gasteiger partial charge in [-0.1, -0.05) is 19.9 Å². The van der Waals surface area contributed by atoms with E-state index in [-0.39, 0.29) is 22.6 Å². The van der Waals surface area contributed by atoms with E-state index in [0.717, 1.165) is 24.2 Å². The van der Waals surface area contributed by atoms with E-state index < -0.39 is 15.1 Å². The Kier molecular flexibility index (Phi) is 6.01. The van der Waals surface area contributed by atoms with E-state index >= 15 is 0 Å². The number of furan rings is 1. The van der Waals surface area contributed by atoms with E-state index in [4.69, 9.17) is 4.42 Å². The molecule has 0 aliphatic carbocycles. The highest BCUT2D eigenvalue weighted by atomic mass is 32.2. The fraction of sp³-hybridized carbons (Fsp3) is 0.438. The van der Waals surface area contributed by atoms with Gasteiger partial charge >= 0.3 is 0 Å². The fourth-order valence-corrected chi connectivity index (χ4v) is 5.19. The molecule has 2 heterocycles. The quantitative estimate of drug-likeness (QED) is 0.787. The molecule has 126 valence electrons. The van der Waals surface area contributed by atoms with Gasteiger partial charge in [-0.25, -0.2) is 8.42 Å². The molecule has 5 nitrogen and oxygen atoms in total. The minimum atomic E-state index is -3.61. The summed E-state index contributed by atoms with van der Waals surface area (Å²) in [4.78, 5) is 12.2. The second-order valence-electron chi connectivity index (χ2n) is 5.24. The lowest BCUT2D eigenvalue weighted by Gasteiger charge is -2.18. The van der Waals surface area contributed by atoms with E-state index in [1.165, 1.54) is 6.26 Å². The van der Waals surface area contributed by atoms with Gasteiger partial charge in [0.1, 0.15) is 15.2 Å². The molecule has 0 radical (unpaired) electrons. The van der Waals surface area contributed by atoms with Crippen molar-refractivity contribution >= 4 is 27.1 Å². The molecule has 23 heavy (non-hydrogen) atoms. The molecule has 0 aromatic carbocycles. The van der Waals surface area contributed by atoms with Crippen LogP contribution in [-0.2, 0) is 14.6 Å². The van der Waals surface area contributed by atoms with Crippen LogP contribution in [0.5, 0.6) is 0 Å². The topological polar surface area (TPSA) is 76.4 Å². The van der Waals surface area contributed by atoms with Gasteiger partial charge in [-0.3, -0.25) is 4.79 Å². The SMILES string of the molecule is CCC(CC)C(=O)NCC(c1ccco1)S(=O)(=O)c1cccs1. The van der Waals surface area contributed by atoms with Crippen LogP contribution in [0.4, 0.5) is 0 Å². The van der Waals surface area contributed by atoms with Gasteiger partial charge in [-0.05, 0) is 36.4 Å². The van der Waals surface area contributed by atoms with Gasteiger partial charge in [0.25, 0.3) is 0 Å². The molecule has 0 spiro atoms. The minimum Gasteiger partial charge on any atom is -0.468 e. The second-order valence-corrected chi connectivity index (χ2v) is 8.54. The lowest BCUT2D eigenvalue weighted by atomic mass is 10.0. The summed E-state index contributed by atoms with van der Waals surface area (Å²) >= 11 is 1.16. The van der Waals surface area contributed by atoms with E-state index in [0.29, 0.717) is 5.76 Å². The number of rotatable bonds is 8. The standard InChI is InChI=1S/C16H21NO4S2/c1-3-12(4-2)16(18)17-11-14(13-7-5-9-21-13)23(19,20)15-8-6-10-22-15/h5-10,12,14H,3-4,11H2,1-2H3,(H,17,18). The first-order valence-electron chi connectivity index (χ1n) is 7.59. The smallest absolute Gasteiger partial charge is 0.223 e. The average Bonchev–Trinajstić information content (AvgIpc) is 3.22. The monoisotopic (exact) mass is 355 g/mol. The molecular formula is C16H21NO4S2. The molecule has 2 aromatic rings. The molecule has 1 atom stereocenters. The Morgan fingerprint density at radius 1 is 1.26 bits per heavy atom. The van der Waals surface area contributed by atoms with Gasteiger partial charge in [0.05, 0.1) is 6.26 Å². The number of carbonyl (C=O) groups is 1. The van der Waals surface area contributed by atoms with Crippen molar-refractivity contribution in [2.24, 2.45) is 5.92 Å². The maximum absolute atomic E-state index is 12.8. The Labute approximate surface area is 140 Å². The van der Waals surface area contributed by atoms with Crippen LogP contribution >= 0.6 is 11.3 Å². The Hall–Kier alpha value is -1.60. The third kappa shape index (κ3) is 4.03. The number of hydrogen-bond donors (Lipinski definition) is 1. The molecular weight excluding hydrogens is 334 g/mol. The van der Waals surface area contributed by atoms with Gasteiger partial charge in [0.15, 0.2) is 9.84 Å². The first kappa shape index (κ1) is 17.7. The van der Waals surface area contributed by atoms with Crippen molar-refractivity contribution in [2.75, 3.05) is 6.54 Å². The summed E-state index contributed by atoms with van der Waals surface area (Å²) in [6, 6.07) is 6.53. The molecule has 7 heteroatoms. The first-order valence-corrected chi connectivity index (χ1v) is 10.0. The van der Waals surface area contributed by atoms with Crippen molar-refractivity contribution < 1.29 is 17.6 Å². The zero-order valence-electron chi connectivity index (χ0n) is 13.2. The molecule has 0 aliphatic rings. The van der Waals surface area contributed by atoms with Gasteiger partial charge in [0.2, 0.25) is 5.91 Å². The fourth-order valence-electron chi connectivity index (χ4n) is 2.40. The van der Waals surface area contributed by atoms with Crippen LogP contribution < -0.4 is 5.32 Å². The minimum absolute atomic E-state index is 0.00306. The molecule has 1 unspecified atom stereocenters. The number of carbonyl (C=O) groups excluding carboxylic acids is 1. The van der Waals surface area contributed by atoms with Crippen molar-refractivity contribution in [3.8, 4) is 0 Å². The predicted molar refractivity (Wildman–Crippen MR) is 90.0 cm³/mol. The number of amides is 1. The normalized spacial score (nSPS) is 13.2. The van der Waals surface area contributed by atoms with Crippen molar-refractivity contribution in [3.63, 3.8) is 0 Å².